The molecule has 2 N–H and O–H groups in total. The lowest BCUT2D eigenvalue weighted by Crippen LogP contribution is -2.13. The van der Waals surface area contributed by atoms with Gasteiger partial charge in [0.25, 0.3) is 0 Å². The van der Waals surface area contributed by atoms with E-state index in [0.29, 0.717) is 0 Å². The fraction of sp³-hybridized carbons (Fsp3) is 0.571. The first-order chi connectivity index (χ1) is 6.52. The molecule has 0 atom stereocenters. The van der Waals surface area contributed by atoms with Crippen molar-refractivity contribution in [3.8, 4) is 0 Å². The van der Waals surface area contributed by atoms with Gasteiger partial charge in [0.05, 0.1) is 12.8 Å². The molecule has 0 bridgehead atoms. The first kappa shape index (κ1) is 12.4. The molecule has 0 aromatic rings. The van der Waals surface area contributed by atoms with Gasteiger partial charge in [-0.05, 0) is 0 Å². The van der Waals surface area contributed by atoms with Crippen molar-refractivity contribution in [3.63, 3.8) is 0 Å². The van der Waals surface area contributed by atoms with E-state index in [0.717, 1.165) is 0 Å². The summed E-state index contributed by atoms with van der Waals surface area (Å²) in [6, 6.07) is 0. The van der Waals surface area contributed by atoms with Crippen LogP contribution in [0.2, 0.25) is 0 Å². The molecule has 0 rings (SSSR count). The van der Waals surface area contributed by atoms with Crippen LogP contribution in [0.4, 0.5) is 0 Å². The van der Waals surface area contributed by atoms with Gasteiger partial charge in [0.15, 0.2) is 6.79 Å². The minimum atomic E-state index is -1.17. The third kappa shape index (κ3) is 8.47. The molecule has 7 heteroatoms. The van der Waals surface area contributed by atoms with Crippen LogP contribution in [0, 0.1) is 0 Å². The molecule has 7 nitrogen and oxygen atoms in total. The molecule has 0 aromatic carbocycles. The van der Waals surface area contributed by atoms with Crippen LogP contribution in [0.15, 0.2) is 0 Å². The molecule has 0 amide bonds. The van der Waals surface area contributed by atoms with Gasteiger partial charge in [-0.2, -0.15) is 0 Å². The monoisotopic (exact) mass is 206 g/mol. The Morgan fingerprint density at radius 2 is 1.64 bits per heavy atom. The van der Waals surface area contributed by atoms with Crippen LogP contribution in [0.3, 0.4) is 0 Å². The predicted molar refractivity (Wildman–Crippen MR) is 41.4 cm³/mol. The van der Waals surface area contributed by atoms with Gasteiger partial charge in [0, 0.05) is 0 Å². The number of hydrogen-bond acceptors (Lipinski definition) is 5. The fourth-order valence-electron chi connectivity index (χ4n) is 0.518. The Kier molecular flexibility index (Phi) is 6.04. The molecule has 0 aliphatic heterocycles. The van der Waals surface area contributed by atoms with Crippen molar-refractivity contribution in [3.05, 3.63) is 0 Å². The summed E-state index contributed by atoms with van der Waals surface area (Å²) in [6.07, 6.45) is -0.580. The molecule has 0 saturated heterocycles. The van der Waals surface area contributed by atoms with Crippen LogP contribution in [-0.2, 0) is 23.9 Å². The minimum absolute atomic E-state index is 0.258. The molecule has 80 valence electrons. The van der Waals surface area contributed by atoms with E-state index < -0.39 is 31.3 Å². The Balaban J connectivity index is 3.36. The summed E-state index contributed by atoms with van der Waals surface area (Å²) in [4.78, 5) is 30.6. The maximum Gasteiger partial charge on any atom is 0.329 e. The highest BCUT2D eigenvalue weighted by Gasteiger charge is 2.06. The van der Waals surface area contributed by atoms with E-state index in [1.54, 1.807) is 0 Å². The average molecular weight is 206 g/mol. The van der Waals surface area contributed by atoms with Crippen molar-refractivity contribution in [2.45, 2.75) is 12.8 Å². The molecular weight excluding hydrogens is 196 g/mol. The summed E-state index contributed by atoms with van der Waals surface area (Å²) < 4.78 is 8.74. The summed E-state index contributed by atoms with van der Waals surface area (Å²) >= 11 is 0. The molecule has 0 aliphatic rings. The molecule has 0 aromatic heterocycles. The molecule has 0 saturated carbocycles. The smallest absolute Gasteiger partial charge is 0.329 e. The summed E-state index contributed by atoms with van der Waals surface area (Å²) in [5.74, 6) is -3.02. The van der Waals surface area contributed by atoms with Gasteiger partial charge in [-0.3, -0.25) is 9.59 Å². The molecule has 0 unspecified atom stereocenters. The first-order valence-electron chi connectivity index (χ1n) is 3.69. The Bertz CT molecular complexity index is 222. The number of carboxylic acids is 2. The fourth-order valence-corrected chi connectivity index (χ4v) is 0.518. The number of ether oxygens (including phenoxy) is 2. The van der Waals surface area contributed by atoms with Gasteiger partial charge < -0.3 is 19.7 Å². The summed E-state index contributed by atoms with van der Waals surface area (Å²) in [5.41, 5.74) is 0. The highest BCUT2D eigenvalue weighted by molar-refractivity contribution is 5.76. The zero-order chi connectivity index (χ0) is 11.0. The average Bonchev–Trinajstić information content (AvgIpc) is 2.08. The van der Waals surface area contributed by atoms with Crippen LogP contribution in [0.1, 0.15) is 12.8 Å². The van der Waals surface area contributed by atoms with Crippen molar-refractivity contribution < 1.29 is 34.1 Å². The number of esters is 1. The van der Waals surface area contributed by atoms with E-state index in [1.165, 1.54) is 0 Å². The Morgan fingerprint density at radius 1 is 1.00 bits per heavy atom. The Labute approximate surface area is 79.2 Å². The molecule has 14 heavy (non-hydrogen) atoms. The first-order valence-corrected chi connectivity index (χ1v) is 3.69. The Hall–Kier alpha value is -1.63. The van der Waals surface area contributed by atoms with Crippen LogP contribution in [0.5, 0.6) is 0 Å². The SMILES string of the molecule is O=C(O)CCC(=O)OCOCC(=O)O. The normalized spacial score (nSPS) is 9.43. The minimum Gasteiger partial charge on any atom is -0.481 e. The summed E-state index contributed by atoms with van der Waals surface area (Å²) in [6.45, 7) is -1.04. The number of carboxylic acid groups (broad SMARTS) is 2. The maximum atomic E-state index is 10.7. The number of carbonyl (C=O) groups excluding carboxylic acids is 1. The lowest BCUT2D eigenvalue weighted by molar-refractivity contribution is -0.163. The van der Waals surface area contributed by atoms with Gasteiger partial charge in [-0.25, -0.2) is 4.79 Å². The molecule has 0 radical (unpaired) electrons. The molecule has 0 fully saturated rings. The van der Waals surface area contributed by atoms with Gasteiger partial charge in [-0.1, -0.05) is 0 Å². The summed E-state index contributed by atoms with van der Waals surface area (Å²) in [5, 5.41) is 16.3. The second kappa shape index (κ2) is 6.84. The van der Waals surface area contributed by atoms with Crippen molar-refractivity contribution in [1.82, 2.24) is 0 Å². The second-order valence-electron chi connectivity index (χ2n) is 2.27. The van der Waals surface area contributed by atoms with Gasteiger partial charge >= 0.3 is 17.9 Å². The lowest BCUT2D eigenvalue weighted by Gasteiger charge is -2.02. The second-order valence-corrected chi connectivity index (χ2v) is 2.27. The van der Waals surface area contributed by atoms with Crippen molar-refractivity contribution >= 4 is 17.9 Å². The van der Waals surface area contributed by atoms with Crippen LogP contribution >= 0.6 is 0 Å². The zero-order valence-corrected chi connectivity index (χ0v) is 7.26. The molecule has 0 spiro atoms. The molecule has 0 aliphatic carbocycles. The van der Waals surface area contributed by atoms with E-state index in [-0.39, 0.29) is 12.8 Å². The molecular formula is C7H10O7. The van der Waals surface area contributed by atoms with E-state index >= 15 is 0 Å². The summed E-state index contributed by atoms with van der Waals surface area (Å²) in [7, 11) is 0. The predicted octanol–water partition coefficient (Wildman–Crippen LogP) is -0.547. The topological polar surface area (TPSA) is 110 Å². The number of aliphatic carboxylic acids is 2. The third-order valence-electron chi connectivity index (χ3n) is 1.07. The van der Waals surface area contributed by atoms with Crippen LogP contribution < -0.4 is 0 Å². The van der Waals surface area contributed by atoms with Crippen molar-refractivity contribution in [2.24, 2.45) is 0 Å². The maximum absolute atomic E-state index is 10.7. The van der Waals surface area contributed by atoms with E-state index in [9.17, 15) is 14.4 Å². The number of rotatable bonds is 7. The van der Waals surface area contributed by atoms with Gasteiger partial charge in [0.2, 0.25) is 0 Å². The van der Waals surface area contributed by atoms with Crippen molar-refractivity contribution in [2.75, 3.05) is 13.4 Å². The highest BCUT2D eigenvalue weighted by atomic mass is 16.7. The highest BCUT2D eigenvalue weighted by Crippen LogP contribution is 1.92. The van der Waals surface area contributed by atoms with Crippen molar-refractivity contribution in [1.29, 1.82) is 0 Å². The lowest BCUT2D eigenvalue weighted by atomic mass is 10.3. The van der Waals surface area contributed by atoms with Gasteiger partial charge in [0.1, 0.15) is 6.61 Å². The van der Waals surface area contributed by atoms with Crippen LogP contribution in [-0.4, -0.2) is 41.5 Å². The van der Waals surface area contributed by atoms with Crippen LogP contribution in [0.25, 0.3) is 0 Å². The quantitative estimate of drug-likeness (QED) is 0.326. The number of hydrogen-bond donors (Lipinski definition) is 2. The molecule has 0 heterocycles. The Morgan fingerprint density at radius 3 is 2.14 bits per heavy atom. The van der Waals surface area contributed by atoms with E-state index in [4.69, 9.17) is 10.2 Å². The largest absolute Gasteiger partial charge is 0.481 e. The van der Waals surface area contributed by atoms with Gasteiger partial charge in [-0.15, -0.1) is 0 Å². The zero-order valence-electron chi connectivity index (χ0n) is 7.26. The van der Waals surface area contributed by atoms with E-state index in [2.05, 4.69) is 9.47 Å². The standard InChI is InChI=1S/C7H10O7/c8-5(9)1-2-7(12)14-4-13-3-6(10)11/h1-4H2,(H,8,9)(H,10,11). The number of carbonyl (C=O) groups is 3. The third-order valence-corrected chi connectivity index (χ3v) is 1.07. The van der Waals surface area contributed by atoms with E-state index in [1.807, 2.05) is 0 Å².